The molecule has 1 unspecified atom stereocenters. The standard InChI is InChI=1S/C19H28N6O4/c1-13-9-21-17(10-20-13)23-18(27)16-6-7-22-25(16)19(28)15(11-24(29)12-26)8-14-4-2-3-5-14/h9-10,12,14-16,22,29H,2-8,11H2,1H3,(H,21,23,27)/t15?,16-/m0/s1. The Bertz CT molecular complexity index is 722. The molecule has 0 radical (unpaired) electrons. The number of amides is 3. The molecule has 158 valence electrons. The maximum atomic E-state index is 13.2. The summed E-state index contributed by atoms with van der Waals surface area (Å²) < 4.78 is 0. The minimum Gasteiger partial charge on any atom is -0.308 e. The molecule has 29 heavy (non-hydrogen) atoms. The van der Waals surface area contributed by atoms with E-state index in [1.807, 2.05) is 0 Å². The zero-order valence-corrected chi connectivity index (χ0v) is 16.6. The van der Waals surface area contributed by atoms with Crippen LogP contribution in [0.4, 0.5) is 5.82 Å². The first kappa shape index (κ1) is 21.1. The molecule has 1 saturated heterocycles. The van der Waals surface area contributed by atoms with Crippen molar-refractivity contribution in [2.75, 3.05) is 18.4 Å². The maximum Gasteiger partial charge on any atom is 0.250 e. The summed E-state index contributed by atoms with van der Waals surface area (Å²) in [4.78, 5) is 45.0. The van der Waals surface area contributed by atoms with Crippen molar-refractivity contribution in [2.24, 2.45) is 11.8 Å². The minimum atomic E-state index is -0.694. The third-order valence-electron chi connectivity index (χ3n) is 5.55. The molecule has 2 atom stereocenters. The topological polar surface area (TPSA) is 128 Å². The van der Waals surface area contributed by atoms with Gasteiger partial charge in [-0.15, -0.1) is 0 Å². The second kappa shape index (κ2) is 9.75. The van der Waals surface area contributed by atoms with Gasteiger partial charge in [0.1, 0.15) is 6.04 Å². The first-order valence-corrected chi connectivity index (χ1v) is 10.0. The van der Waals surface area contributed by atoms with E-state index in [1.165, 1.54) is 11.2 Å². The van der Waals surface area contributed by atoms with Gasteiger partial charge in [-0.25, -0.2) is 15.5 Å². The van der Waals surface area contributed by atoms with Gasteiger partial charge >= 0.3 is 0 Å². The van der Waals surface area contributed by atoms with Crippen LogP contribution in [-0.2, 0) is 14.4 Å². The van der Waals surface area contributed by atoms with E-state index < -0.39 is 12.0 Å². The number of anilines is 1. The van der Waals surface area contributed by atoms with E-state index in [2.05, 4.69) is 20.7 Å². The highest BCUT2D eigenvalue weighted by Crippen LogP contribution is 2.31. The van der Waals surface area contributed by atoms with Gasteiger partial charge in [0.15, 0.2) is 5.82 Å². The van der Waals surface area contributed by atoms with Gasteiger partial charge in [-0.05, 0) is 25.7 Å². The molecule has 3 rings (SSSR count). The molecule has 0 spiro atoms. The quantitative estimate of drug-likeness (QED) is 0.333. The molecule has 3 amide bonds. The smallest absolute Gasteiger partial charge is 0.250 e. The summed E-state index contributed by atoms with van der Waals surface area (Å²) in [6, 6.07) is -0.694. The first-order valence-electron chi connectivity index (χ1n) is 10.0. The molecule has 0 bridgehead atoms. The molecular weight excluding hydrogens is 376 g/mol. The van der Waals surface area contributed by atoms with E-state index in [-0.39, 0.29) is 18.4 Å². The summed E-state index contributed by atoms with van der Waals surface area (Å²) >= 11 is 0. The van der Waals surface area contributed by atoms with Crippen LogP contribution in [0.3, 0.4) is 0 Å². The van der Waals surface area contributed by atoms with Crippen LogP contribution in [-0.4, -0.2) is 62.6 Å². The first-order chi connectivity index (χ1) is 14.0. The SMILES string of the molecule is Cc1cnc(NC(=O)[C@@H]2CCNN2C(=O)C(CC2CCCC2)CN(O)C=O)cn1. The summed E-state index contributed by atoms with van der Waals surface area (Å²) in [5.41, 5.74) is 3.71. The Balaban J connectivity index is 1.68. The van der Waals surface area contributed by atoms with Crippen molar-refractivity contribution < 1.29 is 19.6 Å². The molecule has 2 aliphatic rings. The van der Waals surface area contributed by atoms with Crippen LogP contribution in [0.25, 0.3) is 0 Å². The molecule has 1 aromatic heterocycles. The van der Waals surface area contributed by atoms with Gasteiger partial charge in [0, 0.05) is 6.54 Å². The molecule has 0 aromatic carbocycles. The number of nitrogens with one attached hydrogen (secondary N) is 2. The Morgan fingerprint density at radius 1 is 1.34 bits per heavy atom. The van der Waals surface area contributed by atoms with E-state index in [0.29, 0.717) is 42.6 Å². The number of carbonyl (C=O) groups excluding carboxylic acids is 3. The Morgan fingerprint density at radius 3 is 2.76 bits per heavy atom. The summed E-state index contributed by atoms with van der Waals surface area (Å²) in [6.45, 7) is 2.19. The number of aromatic nitrogens is 2. The molecule has 10 nitrogen and oxygen atoms in total. The fourth-order valence-electron chi connectivity index (χ4n) is 4.07. The molecule has 1 saturated carbocycles. The lowest BCUT2D eigenvalue weighted by Crippen LogP contribution is -2.51. The Morgan fingerprint density at radius 2 is 2.10 bits per heavy atom. The van der Waals surface area contributed by atoms with E-state index in [9.17, 15) is 19.6 Å². The molecule has 10 heteroatoms. The number of hydrogen-bond acceptors (Lipinski definition) is 7. The largest absolute Gasteiger partial charge is 0.308 e. The van der Waals surface area contributed by atoms with Crippen molar-refractivity contribution in [3.63, 3.8) is 0 Å². The molecule has 3 N–H and O–H groups in total. The van der Waals surface area contributed by atoms with E-state index in [4.69, 9.17) is 0 Å². The van der Waals surface area contributed by atoms with Crippen LogP contribution in [0.15, 0.2) is 12.4 Å². The number of aryl methyl sites for hydroxylation is 1. The van der Waals surface area contributed by atoms with Gasteiger partial charge < -0.3 is 5.32 Å². The van der Waals surface area contributed by atoms with Crippen molar-refractivity contribution in [3.8, 4) is 0 Å². The Kier molecular flexibility index (Phi) is 7.10. The third-order valence-corrected chi connectivity index (χ3v) is 5.55. The predicted octanol–water partition coefficient (Wildman–Crippen LogP) is 0.873. The third kappa shape index (κ3) is 5.48. The fourth-order valence-corrected chi connectivity index (χ4v) is 4.07. The van der Waals surface area contributed by atoms with Gasteiger partial charge in [-0.1, -0.05) is 25.7 Å². The second-order valence-corrected chi connectivity index (χ2v) is 7.76. The van der Waals surface area contributed by atoms with Gasteiger partial charge in [-0.3, -0.25) is 29.6 Å². The van der Waals surface area contributed by atoms with Crippen molar-refractivity contribution >= 4 is 24.0 Å². The van der Waals surface area contributed by atoms with E-state index in [0.717, 1.165) is 31.4 Å². The van der Waals surface area contributed by atoms with Crippen LogP contribution in [0.5, 0.6) is 0 Å². The average molecular weight is 404 g/mol. The number of hydroxylamine groups is 2. The molecule has 1 aromatic rings. The summed E-state index contributed by atoms with van der Waals surface area (Å²) in [6.07, 6.45) is 8.71. The Labute approximate surface area is 169 Å². The highest BCUT2D eigenvalue weighted by molar-refractivity contribution is 5.97. The van der Waals surface area contributed by atoms with Crippen molar-refractivity contribution in [3.05, 3.63) is 18.1 Å². The van der Waals surface area contributed by atoms with Gasteiger partial charge in [0.05, 0.1) is 30.6 Å². The number of carbonyl (C=O) groups is 3. The molecular formula is C19H28N6O4. The van der Waals surface area contributed by atoms with Crippen molar-refractivity contribution in [1.29, 1.82) is 0 Å². The lowest BCUT2D eigenvalue weighted by Gasteiger charge is -2.29. The van der Waals surface area contributed by atoms with Gasteiger partial charge in [0.25, 0.3) is 0 Å². The van der Waals surface area contributed by atoms with Crippen molar-refractivity contribution in [2.45, 2.75) is 51.5 Å². The number of hydrazine groups is 1. The monoisotopic (exact) mass is 404 g/mol. The van der Waals surface area contributed by atoms with E-state index in [1.54, 1.807) is 13.1 Å². The number of nitrogens with zero attached hydrogens (tertiary/aromatic N) is 4. The second-order valence-electron chi connectivity index (χ2n) is 7.76. The van der Waals surface area contributed by atoms with Gasteiger partial charge in [0.2, 0.25) is 18.2 Å². The lowest BCUT2D eigenvalue weighted by atomic mass is 9.92. The summed E-state index contributed by atoms with van der Waals surface area (Å²) in [5, 5.41) is 14.2. The van der Waals surface area contributed by atoms with E-state index >= 15 is 0 Å². The highest BCUT2D eigenvalue weighted by atomic mass is 16.5. The zero-order valence-electron chi connectivity index (χ0n) is 16.6. The molecule has 2 heterocycles. The normalized spacial score (nSPS) is 20.5. The maximum absolute atomic E-state index is 13.2. The van der Waals surface area contributed by atoms with Crippen LogP contribution < -0.4 is 10.7 Å². The van der Waals surface area contributed by atoms with Crippen LogP contribution in [0.1, 0.15) is 44.2 Å². The van der Waals surface area contributed by atoms with Crippen LogP contribution in [0, 0.1) is 18.8 Å². The number of hydrogen-bond donors (Lipinski definition) is 3. The predicted molar refractivity (Wildman–Crippen MR) is 103 cm³/mol. The Hall–Kier alpha value is -2.59. The summed E-state index contributed by atoms with van der Waals surface area (Å²) in [7, 11) is 0. The fraction of sp³-hybridized carbons (Fsp3) is 0.632. The molecule has 2 fully saturated rings. The summed E-state index contributed by atoms with van der Waals surface area (Å²) in [5.74, 6) is -0.497. The zero-order chi connectivity index (χ0) is 20.8. The lowest BCUT2D eigenvalue weighted by molar-refractivity contribution is -0.159. The highest BCUT2D eigenvalue weighted by Gasteiger charge is 2.39. The number of rotatable bonds is 8. The molecule has 1 aliphatic heterocycles. The van der Waals surface area contributed by atoms with Crippen LogP contribution in [0.2, 0.25) is 0 Å². The minimum absolute atomic E-state index is 0.0885. The van der Waals surface area contributed by atoms with Crippen molar-refractivity contribution in [1.82, 2.24) is 25.5 Å². The average Bonchev–Trinajstić information content (AvgIpc) is 3.40. The molecule has 1 aliphatic carbocycles. The van der Waals surface area contributed by atoms with Gasteiger partial charge in [-0.2, -0.15) is 0 Å². The van der Waals surface area contributed by atoms with Crippen LogP contribution >= 0.6 is 0 Å².